The smallest absolute Gasteiger partial charge is 0.348 e. The molecule has 0 aliphatic carbocycles. The Bertz CT molecular complexity index is 851. The molecule has 0 bridgehead atoms. The summed E-state index contributed by atoms with van der Waals surface area (Å²) < 4.78 is 23.1. The van der Waals surface area contributed by atoms with Crippen molar-refractivity contribution in [3.05, 3.63) is 51.7 Å². The molecule has 0 saturated heterocycles. The number of esters is 2. The molecule has 1 aromatic carbocycles. The zero-order valence-electron chi connectivity index (χ0n) is 14.3. The summed E-state index contributed by atoms with van der Waals surface area (Å²) in [5.74, 6) is -1.51. The third kappa shape index (κ3) is 4.36. The van der Waals surface area contributed by atoms with Crippen LogP contribution in [0.5, 0.6) is 0 Å². The lowest BCUT2D eigenvalue weighted by atomic mass is 10.1. The number of benzene rings is 1. The van der Waals surface area contributed by atoms with Crippen LogP contribution in [0.15, 0.2) is 24.3 Å². The van der Waals surface area contributed by atoms with E-state index in [1.165, 1.54) is 20.3 Å². The zero-order valence-corrected chi connectivity index (χ0v) is 16.0. The van der Waals surface area contributed by atoms with Gasteiger partial charge in [-0.1, -0.05) is 18.2 Å². The van der Waals surface area contributed by atoms with Crippen molar-refractivity contribution in [3.8, 4) is 0 Å². The molecular formula is C17H17FN2O4S2. The molecule has 0 amide bonds. The van der Waals surface area contributed by atoms with E-state index in [2.05, 4.69) is 10.6 Å². The molecule has 0 aliphatic rings. The molecule has 0 atom stereocenters. The van der Waals surface area contributed by atoms with Crippen LogP contribution < -0.4 is 10.6 Å². The number of rotatable bonds is 5. The molecule has 0 saturated carbocycles. The van der Waals surface area contributed by atoms with E-state index in [-0.39, 0.29) is 27.9 Å². The molecule has 0 spiro atoms. The van der Waals surface area contributed by atoms with Crippen molar-refractivity contribution >= 4 is 45.6 Å². The van der Waals surface area contributed by atoms with Gasteiger partial charge in [-0.2, -0.15) is 0 Å². The summed E-state index contributed by atoms with van der Waals surface area (Å²) in [4.78, 5) is 24.2. The largest absolute Gasteiger partial charge is 0.465 e. The second-order valence-electron chi connectivity index (χ2n) is 5.14. The van der Waals surface area contributed by atoms with E-state index in [0.29, 0.717) is 16.1 Å². The fourth-order valence-electron chi connectivity index (χ4n) is 2.20. The Hall–Kier alpha value is -2.52. The Morgan fingerprint density at radius 3 is 2.46 bits per heavy atom. The standard InChI is InChI=1S/C17H17FN2O4S2/c1-9-12(15(21)23-2)14(26-13(9)16(22)24-3)20-17(25)19-8-10-6-4-5-7-11(10)18/h4-7H,8H2,1-3H3,(H2,19,20,25). The van der Waals surface area contributed by atoms with Crippen molar-refractivity contribution in [3.63, 3.8) is 0 Å². The first-order chi connectivity index (χ1) is 12.4. The second-order valence-corrected chi connectivity index (χ2v) is 6.57. The quantitative estimate of drug-likeness (QED) is 0.593. The first kappa shape index (κ1) is 19.8. The van der Waals surface area contributed by atoms with Crippen LogP contribution in [0.2, 0.25) is 0 Å². The van der Waals surface area contributed by atoms with Gasteiger partial charge in [-0.25, -0.2) is 14.0 Å². The number of thiophene rings is 1. The monoisotopic (exact) mass is 396 g/mol. The van der Waals surface area contributed by atoms with Crippen LogP contribution in [0.4, 0.5) is 9.39 Å². The minimum absolute atomic E-state index is 0.167. The van der Waals surface area contributed by atoms with Crippen LogP contribution in [0.3, 0.4) is 0 Å². The summed E-state index contributed by atoms with van der Waals surface area (Å²) in [6.07, 6.45) is 0. The van der Waals surface area contributed by atoms with Crippen LogP contribution in [0.1, 0.15) is 31.2 Å². The van der Waals surface area contributed by atoms with Gasteiger partial charge in [-0.3, -0.25) is 0 Å². The van der Waals surface area contributed by atoms with Gasteiger partial charge in [0.2, 0.25) is 0 Å². The Balaban J connectivity index is 2.19. The Kier molecular flexibility index (Phi) is 6.64. The number of carbonyl (C=O) groups is 2. The number of hydrogen-bond donors (Lipinski definition) is 2. The van der Waals surface area contributed by atoms with Gasteiger partial charge < -0.3 is 20.1 Å². The van der Waals surface area contributed by atoms with Crippen molar-refractivity contribution in [2.45, 2.75) is 13.5 Å². The van der Waals surface area contributed by atoms with Gasteiger partial charge in [-0.05, 0) is 30.8 Å². The highest BCUT2D eigenvalue weighted by Gasteiger charge is 2.26. The minimum atomic E-state index is -0.603. The van der Waals surface area contributed by atoms with E-state index in [4.69, 9.17) is 21.7 Å². The fraction of sp³-hybridized carbons (Fsp3) is 0.235. The molecule has 1 aromatic heterocycles. The molecule has 9 heteroatoms. The predicted molar refractivity (Wildman–Crippen MR) is 101 cm³/mol. The topological polar surface area (TPSA) is 76.7 Å². The number of thiocarbonyl (C=S) groups is 1. The Morgan fingerprint density at radius 1 is 1.19 bits per heavy atom. The number of halogens is 1. The molecule has 1 heterocycles. The van der Waals surface area contributed by atoms with Crippen molar-refractivity contribution < 1.29 is 23.5 Å². The summed E-state index contributed by atoms with van der Waals surface area (Å²) in [5, 5.41) is 6.25. The third-order valence-electron chi connectivity index (χ3n) is 3.53. The summed E-state index contributed by atoms with van der Waals surface area (Å²) in [6, 6.07) is 6.31. The minimum Gasteiger partial charge on any atom is -0.465 e. The molecule has 0 aliphatic heterocycles. The first-order valence-corrected chi connectivity index (χ1v) is 8.69. The van der Waals surface area contributed by atoms with Gasteiger partial charge in [0.15, 0.2) is 5.11 Å². The van der Waals surface area contributed by atoms with Crippen LogP contribution in [0, 0.1) is 12.7 Å². The van der Waals surface area contributed by atoms with Gasteiger partial charge in [0, 0.05) is 12.1 Å². The van der Waals surface area contributed by atoms with Gasteiger partial charge in [0.1, 0.15) is 15.7 Å². The molecule has 6 nitrogen and oxygen atoms in total. The van der Waals surface area contributed by atoms with Crippen LogP contribution >= 0.6 is 23.6 Å². The second kappa shape index (κ2) is 8.72. The number of carbonyl (C=O) groups excluding carboxylic acids is 2. The average Bonchev–Trinajstić information content (AvgIpc) is 2.95. The summed E-state index contributed by atoms with van der Waals surface area (Å²) in [6.45, 7) is 1.79. The highest BCUT2D eigenvalue weighted by Crippen LogP contribution is 2.34. The SMILES string of the molecule is COC(=O)c1sc(NC(=S)NCc2ccccc2F)c(C(=O)OC)c1C. The lowest BCUT2D eigenvalue weighted by Crippen LogP contribution is -2.28. The van der Waals surface area contributed by atoms with Crippen molar-refractivity contribution in [1.82, 2.24) is 5.32 Å². The summed E-state index contributed by atoms with van der Waals surface area (Å²) in [7, 11) is 2.50. The van der Waals surface area contributed by atoms with E-state index in [1.54, 1.807) is 25.1 Å². The van der Waals surface area contributed by atoms with Gasteiger partial charge >= 0.3 is 11.9 Å². The molecule has 2 N–H and O–H groups in total. The highest BCUT2D eigenvalue weighted by atomic mass is 32.1. The zero-order chi connectivity index (χ0) is 19.3. The molecule has 2 aromatic rings. The van der Waals surface area contributed by atoms with E-state index in [9.17, 15) is 14.0 Å². The number of nitrogens with one attached hydrogen (secondary N) is 2. The van der Waals surface area contributed by atoms with Crippen molar-refractivity contribution in [2.75, 3.05) is 19.5 Å². The average molecular weight is 396 g/mol. The van der Waals surface area contributed by atoms with Crippen molar-refractivity contribution in [1.29, 1.82) is 0 Å². The Labute approximate surface area is 159 Å². The molecule has 2 rings (SSSR count). The fourth-order valence-corrected chi connectivity index (χ4v) is 3.56. The maximum absolute atomic E-state index is 13.7. The van der Waals surface area contributed by atoms with E-state index >= 15 is 0 Å². The Morgan fingerprint density at radius 2 is 1.85 bits per heavy atom. The third-order valence-corrected chi connectivity index (χ3v) is 4.97. The summed E-state index contributed by atoms with van der Waals surface area (Å²) >= 11 is 6.23. The molecule has 26 heavy (non-hydrogen) atoms. The number of methoxy groups -OCH3 is 2. The van der Waals surface area contributed by atoms with Gasteiger partial charge in [0.05, 0.1) is 19.8 Å². The number of anilines is 1. The normalized spacial score (nSPS) is 10.2. The molecule has 0 radical (unpaired) electrons. The van der Waals surface area contributed by atoms with Crippen LogP contribution in [-0.4, -0.2) is 31.3 Å². The van der Waals surface area contributed by atoms with Gasteiger partial charge in [0.25, 0.3) is 0 Å². The molecule has 0 fully saturated rings. The maximum atomic E-state index is 13.7. The molecule has 138 valence electrons. The van der Waals surface area contributed by atoms with E-state index in [1.807, 2.05) is 0 Å². The van der Waals surface area contributed by atoms with Gasteiger partial charge in [-0.15, -0.1) is 11.3 Å². The van der Waals surface area contributed by atoms with Crippen LogP contribution in [0.25, 0.3) is 0 Å². The van der Waals surface area contributed by atoms with Crippen LogP contribution in [-0.2, 0) is 16.0 Å². The lowest BCUT2D eigenvalue weighted by molar-refractivity contribution is 0.0601. The van der Waals surface area contributed by atoms with E-state index < -0.39 is 11.9 Å². The molecular weight excluding hydrogens is 379 g/mol. The first-order valence-electron chi connectivity index (χ1n) is 7.47. The molecule has 0 unspecified atom stereocenters. The number of hydrogen-bond acceptors (Lipinski definition) is 6. The number of ether oxygens (including phenoxy) is 2. The van der Waals surface area contributed by atoms with E-state index in [0.717, 1.165) is 11.3 Å². The lowest BCUT2D eigenvalue weighted by Gasteiger charge is -2.11. The van der Waals surface area contributed by atoms with Crippen molar-refractivity contribution in [2.24, 2.45) is 0 Å². The highest BCUT2D eigenvalue weighted by molar-refractivity contribution is 7.80. The predicted octanol–water partition coefficient (Wildman–Crippen LogP) is 3.26. The maximum Gasteiger partial charge on any atom is 0.348 e. The summed E-state index contributed by atoms with van der Waals surface area (Å²) in [5.41, 5.74) is 1.09.